The molecule has 5 heteroatoms. The molecular formula is C17H13FN2OS. The van der Waals surface area contributed by atoms with Crippen LogP contribution in [0.25, 0.3) is 16.9 Å². The van der Waals surface area contributed by atoms with Crippen molar-refractivity contribution in [3.63, 3.8) is 0 Å². The second kappa shape index (κ2) is 6.15. The van der Waals surface area contributed by atoms with Crippen LogP contribution in [0.15, 0.2) is 70.5 Å². The monoisotopic (exact) mass is 312 g/mol. The van der Waals surface area contributed by atoms with Crippen LogP contribution in [0.4, 0.5) is 4.39 Å². The Morgan fingerprint density at radius 1 is 1.05 bits per heavy atom. The highest BCUT2D eigenvalue weighted by Crippen LogP contribution is 2.23. The molecule has 0 unspecified atom stereocenters. The van der Waals surface area contributed by atoms with Crippen molar-refractivity contribution in [3.05, 3.63) is 76.8 Å². The molecule has 110 valence electrons. The van der Waals surface area contributed by atoms with Crippen LogP contribution in [-0.2, 0) is 0 Å². The molecule has 3 nitrogen and oxygen atoms in total. The van der Waals surface area contributed by atoms with Gasteiger partial charge in [-0.3, -0.25) is 4.79 Å². The van der Waals surface area contributed by atoms with E-state index in [4.69, 9.17) is 0 Å². The van der Waals surface area contributed by atoms with Crippen LogP contribution in [-0.4, -0.2) is 16.0 Å². The maximum Gasteiger partial charge on any atom is 0.200 e. The molecule has 1 heterocycles. The van der Waals surface area contributed by atoms with Gasteiger partial charge in [0.05, 0.1) is 17.6 Å². The average molecular weight is 312 g/mol. The summed E-state index contributed by atoms with van der Waals surface area (Å²) >= 11 is 1.65. The van der Waals surface area contributed by atoms with E-state index >= 15 is 0 Å². The minimum atomic E-state index is -0.310. The summed E-state index contributed by atoms with van der Waals surface area (Å²) in [7, 11) is 0. The van der Waals surface area contributed by atoms with E-state index < -0.39 is 0 Å². The molecule has 0 amide bonds. The first-order valence-electron chi connectivity index (χ1n) is 6.67. The summed E-state index contributed by atoms with van der Waals surface area (Å²) in [5.74, 6) is -0.310. The third-order valence-electron chi connectivity index (χ3n) is 3.26. The van der Waals surface area contributed by atoms with Crippen molar-refractivity contribution >= 4 is 11.8 Å². The first kappa shape index (κ1) is 14.5. The molecule has 0 saturated carbocycles. The molecule has 0 aliphatic heterocycles. The normalized spacial score (nSPS) is 10.6. The fraction of sp³-hybridized carbons (Fsp3) is 0.0588. The third kappa shape index (κ3) is 2.94. The van der Waals surface area contributed by atoms with E-state index in [1.165, 1.54) is 24.4 Å². The maximum absolute atomic E-state index is 13.1. The molecule has 3 aromatic rings. The largest absolute Gasteiger partial charge is 0.288 e. The Balaban J connectivity index is 2.15. The van der Waals surface area contributed by atoms with E-state index in [1.807, 2.05) is 30.5 Å². The second-order valence-corrected chi connectivity index (χ2v) is 5.57. The number of nitrogens with zero attached hydrogens (tertiary/aromatic N) is 2. The smallest absolute Gasteiger partial charge is 0.200 e. The van der Waals surface area contributed by atoms with Crippen LogP contribution in [0.1, 0.15) is 0 Å². The summed E-state index contributed by atoms with van der Waals surface area (Å²) in [5.41, 5.74) is 2.09. The van der Waals surface area contributed by atoms with E-state index in [1.54, 1.807) is 28.6 Å². The molecule has 22 heavy (non-hydrogen) atoms. The van der Waals surface area contributed by atoms with Gasteiger partial charge in [0.1, 0.15) is 5.82 Å². The molecule has 2 aromatic carbocycles. The van der Waals surface area contributed by atoms with Gasteiger partial charge in [0.25, 0.3) is 0 Å². The van der Waals surface area contributed by atoms with E-state index in [-0.39, 0.29) is 11.2 Å². The number of rotatable bonds is 3. The summed E-state index contributed by atoms with van der Waals surface area (Å²) < 4.78 is 14.7. The van der Waals surface area contributed by atoms with Gasteiger partial charge < -0.3 is 0 Å². The zero-order valence-electron chi connectivity index (χ0n) is 11.9. The minimum absolute atomic E-state index is 0.165. The molecule has 0 fully saturated rings. The minimum Gasteiger partial charge on any atom is -0.288 e. The lowest BCUT2D eigenvalue weighted by molar-refractivity contribution is 0.627. The van der Waals surface area contributed by atoms with Gasteiger partial charge in [-0.05, 0) is 42.7 Å². The van der Waals surface area contributed by atoms with Crippen molar-refractivity contribution in [2.24, 2.45) is 0 Å². The number of hydrogen-bond donors (Lipinski definition) is 0. The van der Waals surface area contributed by atoms with Gasteiger partial charge in [0, 0.05) is 16.5 Å². The van der Waals surface area contributed by atoms with Crippen molar-refractivity contribution in [2.75, 3.05) is 6.26 Å². The van der Waals surface area contributed by atoms with Crippen molar-refractivity contribution in [1.29, 1.82) is 0 Å². The maximum atomic E-state index is 13.1. The Bertz CT molecular complexity index is 842. The first-order chi connectivity index (χ1) is 10.7. The topological polar surface area (TPSA) is 34.9 Å². The van der Waals surface area contributed by atoms with Gasteiger partial charge in [-0.1, -0.05) is 12.1 Å². The lowest BCUT2D eigenvalue weighted by atomic mass is 10.1. The summed E-state index contributed by atoms with van der Waals surface area (Å²) in [6, 6.07) is 15.4. The van der Waals surface area contributed by atoms with Crippen LogP contribution in [0.2, 0.25) is 0 Å². The highest BCUT2D eigenvalue weighted by atomic mass is 32.2. The van der Waals surface area contributed by atoms with Gasteiger partial charge in [0.2, 0.25) is 5.43 Å². The van der Waals surface area contributed by atoms with Gasteiger partial charge in [-0.25, -0.2) is 9.07 Å². The third-order valence-corrected chi connectivity index (χ3v) is 4.01. The molecule has 0 N–H and O–H groups in total. The molecular weight excluding hydrogens is 299 g/mol. The Kier molecular flexibility index (Phi) is 4.06. The van der Waals surface area contributed by atoms with Crippen LogP contribution in [0, 0.1) is 5.82 Å². The van der Waals surface area contributed by atoms with E-state index in [0.717, 1.165) is 10.5 Å². The highest BCUT2D eigenvalue weighted by molar-refractivity contribution is 7.98. The number of benzene rings is 2. The Hall–Kier alpha value is -2.40. The van der Waals surface area contributed by atoms with E-state index in [0.29, 0.717) is 11.4 Å². The molecule has 0 radical (unpaired) electrons. The standard InChI is InChI=1S/C17H13FN2OS/c1-22-16-8-2-12(3-9-16)17-10-15(21)11-19-20(17)14-6-4-13(18)5-7-14/h2-11H,1H3. The van der Waals surface area contributed by atoms with Crippen LogP contribution < -0.4 is 5.43 Å². The highest BCUT2D eigenvalue weighted by Gasteiger charge is 2.08. The van der Waals surface area contributed by atoms with Gasteiger partial charge in [-0.15, -0.1) is 11.8 Å². The van der Waals surface area contributed by atoms with Crippen molar-refractivity contribution in [1.82, 2.24) is 9.78 Å². The summed E-state index contributed by atoms with van der Waals surface area (Å²) in [5, 5.41) is 4.17. The number of halogens is 1. The summed E-state index contributed by atoms with van der Waals surface area (Å²) in [4.78, 5) is 12.8. The number of aromatic nitrogens is 2. The molecule has 1 aromatic heterocycles. The predicted molar refractivity (Wildman–Crippen MR) is 87.0 cm³/mol. The van der Waals surface area contributed by atoms with E-state index in [2.05, 4.69) is 5.10 Å². The fourth-order valence-corrected chi connectivity index (χ4v) is 2.57. The summed E-state index contributed by atoms with van der Waals surface area (Å²) in [6.07, 6.45) is 3.26. The lowest BCUT2D eigenvalue weighted by Crippen LogP contribution is -2.11. The zero-order valence-corrected chi connectivity index (χ0v) is 12.7. The molecule has 0 bridgehead atoms. The Morgan fingerprint density at radius 3 is 2.36 bits per heavy atom. The quantitative estimate of drug-likeness (QED) is 0.691. The fourth-order valence-electron chi connectivity index (χ4n) is 2.17. The molecule has 0 aliphatic carbocycles. The molecule has 3 rings (SSSR count). The first-order valence-corrected chi connectivity index (χ1v) is 7.89. The van der Waals surface area contributed by atoms with Crippen molar-refractivity contribution < 1.29 is 4.39 Å². The molecule has 0 saturated heterocycles. The summed E-state index contributed by atoms with van der Waals surface area (Å²) in [6.45, 7) is 0. The van der Waals surface area contributed by atoms with Gasteiger partial charge in [0.15, 0.2) is 0 Å². The number of hydrogen-bond acceptors (Lipinski definition) is 3. The van der Waals surface area contributed by atoms with Crippen LogP contribution in [0.5, 0.6) is 0 Å². The van der Waals surface area contributed by atoms with Crippen LogP contribution in [0.3, 0.4) is 0 Å². The SMILES string of the molecule is CSc1ccc(-c2cc(=O)cnn2-c2ccc(F)cc2)cc1. The molecule has 0 spiro atoms. The molecule has 0 aliphatic rings. The zero-order chi connectivity index (χ0) is 15.5. The number of thioether (sulfide) groups is 1. The van der Waals surface area contributed by atoms with Crippen LogP contribution >= 0.6 is 11.8 Å². The predicted octanol–water partition coefficient (Wildman–Crippen LogP) is 3.76. The molecule has 0 atom stereocenters. The van der Waals surface area contributed by atoms with Gasteiger partial charge in [-0.2, -0.15) is 5.10 Å². The second-order valence-electron chi connectivity index (χ2n) is 4.69. The van der Waals surface area contributed by atoms with E-state index in [9.17, 15) is 9.18 Å². The van der Waals surface area contributed by atoms with Gasteiger partial charge >= 0.3 is 0 Å². The Labute approximate surface area is 131 Å². The Morgan fingerprint density at radius 2 is 1.73 bits per heavy atom. The van der Waals surface area contributed by atoms with Crippen molar-refractivity contribution in [2.45, 2.75) is 4.90 Å². The average Bonchev–Trinajstić information content (AvgIpc) is 2.56. The lowest BCUT2D eigenvalue weighted by Gasteiger charge is -2.12. The van der Waals surface area contributed by atoms with Crippen molar-refractivity contribution in [3.8, 4) is 16.9 Å².